The molecule has 0 aliphatic heterocycles. The topological polar surface area (TPSA) is 98.5 Å². The lowest BCUT2D eigenvalue weighted by molar-refractivity contribution is -0.137. The summed E-state index contributed by atoms with van der Waals surface area (Å²) < 4.78 is 18.2. The molecule has 0 aliphatic rings. The maximum Gasteiger partial charge on any atom is 0.330 e. The summed E-state index contributed by atoms with van der Waals surface area (Å²) in [5.41, 5.74) is 4.99. The second kappa shape index (κ2) is 8.56. The molecule has 0 fully saturated rings. The number of hydrogen-bond donors (Lipinski definition) is 2. The summed E-state index contributed by atoms with van der Waals surface area (Å²) in [7, 11) is 0. The minimum Gasteiger partial charge on any atom is -0.463 e. The van der Waals surface area contributed by atoms with Crippen LogP contribution in [0, 0.1) is 5.82 Å². The molecule has 1 rings (SSSR count). The highest BCUT2D eigenvalue weighted by atomic mass is 19.1. The van der Waals surface area contributed by atoms with E-state index in [0.29, 0.717) is 0 Å². The maximum atomic E-state index is 13.5. The molecule has 3 N–H and O–H groups in total. The normalized spacial score (nSPS) is 11.9. The Labute approximate surface area is 127 Å². The minimum absolute atomic E-state index is 0.00561. The lowest BCUT2D eigenvalue weighted by Gasteiger charge is -2.13. The number of esters is 1. The predicted molar refractivity (Wildman–Crippen MR) is 77.2 cm³/mol. The molecule has 7 heteroatoms. The number of carbonyl (C=O) groups is 3. The number of carbonyl (C=O) groups excluding carboxylic acids is 3. The van der Waals surface area contributed by atoms with Crippen molar-refractivity contribution in [2.45, 2.75) is 19.4 Å². The van der Waals surface area contributed by atoms with Gasteiger partial charge in [0.25, 0.3) is 5.91 Å². The van der Waals surface area contributed by atoms with E-state index in [1.54, 1.807) is 6.92 Å². The largest absolute Gasteiger partial charge is 0.463 e. The van der Waals surface area contributed by atoms with Gasteiger partial charge in [-0.3, -0.25) is 9.59 Å². The van der Waals surface area contributed by atoms with Crippen LogP contribution in [0.15, 0.2) is 36.4 Å². The van der Waals surface area contributed by atoms with Crippen molar-refractivity contribution in [3.8, 4) is 0 Å². The molecule has 0 aliphatic carbocycles. The van der Waals surface area contributed by atoms with Crippen molar-refractivity contribution in [1.82, 2.24) is 5.32 Å². The average Bonchev–Trinajstić information content (AvgIpc) is 2.46. The molecule has 0 heterocycles. The van der Waals surface area contributed by atoms with Crippen LogP contribution in [-0.2, 0) is 14.3 Å². The summed E-state index contributed by atoms with van der Waals surface area (Å²) in [6, 6.07) is 4.31. The van der Waals surface area contributed by atoms with Crippen LogP contribution in [0.3, 0.4) is 0 Å². The van der Waals surface area contributed by atoms with E-state index in [9.17, 15) is 18.8 Å². The highest BCUT2D eigenvalue weighted by Crippen LogP contribution is 2.07. The van der Waals surface area contributed by atoms with Crippen LogP contribution in [0.4, 0.5) is 4.39 Å². The number of hydrogen-bond acceptors (Lipinski definition) is 4. The first-order valence-electron chi connectivity index (χ1n) is 6.63. The Morgan fingerprint density at radius 1 is 1.36 bits per heavy atom. The lowest BCUT2D eigenvalue weighted by atomic mass is 10.1. The Hall–Kier alpha value is -2.70. The number of nitrogens with two attached hydrogens (primary N) is 1. The Balaban J connectivity index is 2.69. The third kappa shape index (κ3) is 5.35. The van der Waals surface area contributed by atoms with Gasteiger partial charge in [0.15, 0.2) is 0 Å². The molecule has 0 aromatic heterocycles. The minimum atomic E-state index is -1.06. The third-order valence-corrected chi connectivity index (χ3v) is 2.68. The maximum absolute atomic E-state index is 13.5. The quantitative estimate of drug-likeness (QED) is 0.578. The molecule has 0 radical (unpaired) electrons. The van der Waals surface area contributed by atoms with Crippen LogP contribution >= 0.6 is 0 Å². The molecule has 1 aromatic carbocycles. The molecule has 22 heavy (non-hydrogen) atoms. The van der Waals surface area contributed by atoms with Gasteiger partial charge in [0.1, 0.15) is 11.9 Å². The summed E-state index contributed by atoms with van der Waals surface area (Å²) in [5.74, 6) is -2.82. The number of halogens is 1. The highest BCUT2D eigenvalue weighted by molar-refractivity contribution is 5.97. The molecule has 2 amide bonds. The third-order valence-electron chi connectivity index (χ3n) is 2.68. The van der Waals surface area contributed by atoms with E-state index in [-0.39, 0.29) is 18.6 Å². The van der Waals surface area contributed by atoms with E-state index in [0.717, 1.165) is 12.1 Å². The van der Waals surface area contributed by atoms with Crippen molar-refractivity contribution in [3.63, 3.8) is 0 Å². The number of ether oxygens (including phenoxy) is 1. The van der Waals surface area contributed by atoms with Crippen molar-refractivity contribution < 1.29 is 23.5 Å². The number of rotatable bonds is 7. The zero-order valence-corrected chi connectivity index (χ0v) is 12.0. The van der Waals surface area contributed by atoms with Gasteiger partial charge in [0.2, 0.25) is 5.91 Å². The summed E-state index contributed by atoms with van der Waals surface area (Å²) >= 11 is 0. The van der Waals surface area contributed by atoms with Crippen molar-refractivity contribution in [1.29, 1.82) is 0 Å². The number of primary amides is 1. The van der Waals surface area contributed by atoms with Crippen molar-refractivity contribution in [2.75, 3.05) is 6.61 Å². The van der Waals surface area contributed by atoms with E-state index in [1.165, 1.54) is 24.3 Å². The number of nitrogens with one attached hydrogen (secondary N) is 1. The standard InChI is InChI=1S/C15H17FN2O4/c1-2-22-13(19)9-5-8-12(14(17)20)18-15(21)10-6-3-4-7-11(10)16/h3-7,9,12H,2,8H2,1H3,(H2,17,20)(H,18,21)/b9-5+/t12-/m0/s1. The SMILES string of the molecule is CCOC(=O)/C=C/C[C@H](NC(=O)c1ccccc1F)C(N)=O. The molecular weight excluding hydrogens is 291 g/mol. The monoisotopic (exact) mass is 308 g/mol. The van der Waals surface area contributed by atoms with Gasteiger partial charge in [-0.25, -0.2) is 9.18 Å². The van der Waals surface area contributed by atoms with Crippen LogP contribution in [0.2, 0.25) is 0 Å². The molecule has 1 aromatic rings. The Morgan fingerprint density at radius 2 is 2.05 bits per heavy atom. The fourth-order valence-electron chi connectivity index (χ4n) is 1.62. The molecule has 0 unspecified atom stereocenters. The summed E-state index contributed by atoms with van der Waals surface area (Å²) in [6.45, 7) is 1.89. The fourth-order valence-corrected chi connectivity index (χ4v) is 1.62. The van der Waals surface area contributed by atoms with E-state index in [4.69, 9.17) is 5.73 Å². The molecule has 1 atom stereocenters. The molecule has 118 valence electrons. The van der Waals surface area contributed by atoms with Gasteiger partial charge >= 0.3 is 5.97 Å². The van der Waals surface area contributed by atoms with E-state index >= 15 is 0 Å². The van der Waals surface area contributed by atoms with Crippen molar-refractivity contribution in [3.05, 3.63) is 47.8 Å². The smallest absolute Gasteiger partial charge is 0.330 e. The van der Waals surface area contributed by atoms with E-state index < -0.39 is 29.6 Å². The van der Waals surface area contributed by atoms with Crippen molar-refractivity contribution >= 4 is 17.8 Å². The van der Waals surface area contributed by atoms with Gasteiger partial charge in [-0.1, -0.05) is 18.2 Å². The average molecular weight is 308 g/mol. The summed E-state index contributed by atoms with van der Waals surface area (Å²) in [4.78, 5) is 34.3. The van der Waals surface area contributed by atoms with Crippen LogP contribution in [-0.4, -0.2) is 30.4 Å². The van der Waals surface area contributed by atoms with Gasteiger partial charge < -0.3 is 15.8 Å². The second-order valence-electron chi connectivity index (χ2n) is 4.30. The lowest BCUT2D eigenvalue weighted by Crippen LogP contribution is -2.44. The Kier molecular flexibility index (Phi) is 6.75. The van der Waals surface area contributed by atoms with Gasteiger partial charge in [-0.2, -0.15) is 0 Å². The van der Waals surface area contributed by atoms with Crippen molar-refractivity contribution in [2.24, 2.45) is 5.73 Å². The van der Waals surface area contributed by atoms with Gasteiger partial charge in [0, 0.05) is 6.08 Å². The Bertz CT molecular complexity index is 587. The molecule has 6 nitrogen and oxygen atoms in total. The fraction of sp³-hybridized carbons (Fsp3) is 0.267. The predicted octanol–water partition coefficient (Wildman–Crippen LogP) is 0.919. The van der Waals surface area contributed by atoms with Gasteiger partial charge in [-0.15, -0.1) is 0 Å². The first-order valence-corrected chi connectivity index (χ1v) is 6.63. The first-order chi connectivity index (χ1) is 10.5. The zero-order valence-electron chi connectivity index (χ0n) is 12.0. The first kappa shape index (κ1) is 17.4. The number of amides is 2. The summed E-state index contributed by atoms with van der Waals surface area (Å²) in [5, 5.41) is 2.32. The zero-order chi connectivity index (χ0) is 16.5. The van der Waals surface area contributed by atoms with E-state index in [1.807, 2.05) is 0 Å². The molecule has 0 bridgehead atoms. The Morgan fingerprint density at radius 3 is 2.64 bits per heavy atom. The number of benzene rings is 1. The molecule has 0 saturated carbocycles. The molecule has 0 saturated heterocycles. The summed E-state index contributed by atoms with van der Waals surface area (Å²) in [6.07, 6.45) is 2.48. The van der Waals surface area contributed by atoms with Gasteiger partial charge in [-0.05, 0) is 25.5 Å². The van der Waals surface area contributed by atoms with E-state index in [2.05, 4.69) is 10.1 Å². The van der Waals surface area contributed by atoms with Crippen LogP contribution in [0.5, 0.6) is 0 Å². The molecular formula is C15H17FN2O4. The van der Waals surface area contributed by atoms with Crippen LogP contribution in [0.1, 0.15) is 23.7 Å². The molecule has 0 spiro atoms. The second-order valence-corrected chi connectivity index (χ2v) is 4.30. The van der Waals surface area contributed by atoms with Crippen LogP contribution in [0.25, 0.3) is 0 Å². The van der Waals surface area contributed by atoms with Gasteiger partial charge in [0.05, 0.1) is 12.2 Å². The highest BCUT2D eigenvalue weighted by Gasteiger charge is 2.19. The van der Waals surface area contributed by atoms with Crippen LogP contribution < -0.4 is 11.1 Å².